The molecule has 0 aromatic heterocycles. The van der Waals surface area contributed by atoms with Gasteiger partial charge in [-0.15, -0.1) is 0 Å². The summed E-state index contributed by atoms with van der Waals surface area (Å²) in [5.41, 5.74) is 0.932. The normalized spacial score (nSPS) is 16.5. The van der Waals surface area contributed by atoms with Crippen molar-refractivity contribution in [3.63, 3.8) is 0 Å². The molecule has 92 valence electrons. The number of carbonyl (C=O) groups excluding carboxylic acids is 1. The number of methoxy groups -OCH3 is 1. The zero-order valence-electron chi connectivity index (χ0n) is 10.1. The lowest BCUT2D eigenvalue weighted by Crippen LogP contribution is -2.19. The smallest absolute Gasteiger partial charge is 0.311 e. The zero-order chi connectivity index (χ0) is 12.1. The molecule has 1 aliphatic rings. The molecule has 3 nitrogen and oxygen atoms in total. The van der Waals surface area contributed by atoms with Gasteiger partial charge in [-0.3, -0.25) is 4.79 Å². The number of hydrogen-bond donors (Lipinski definition) is 0. The second-order valence-corrected chi connectivity index (χ2v) is 4.56. The summed E-state index contributed by atoms with van der Waals surface area (Å²) in [6.45, 7) is 1.22. The lowest BCUT2D eigenvalue weighted by atomic mass is 10.0. The van der Waals surface area contributed by atoms with Gasteiger partial charge in [0.1, 0.15) is 0 Å². The Balaban J connectivity index is 1.69. The summed E-state index contributed by atoms with van der Waals surface area (Å²) in [7, 11) is 1.45. The molecule has 1 aromatic carbocycles. The monoisotopic (exact) mass is 234 g/mol. The Labute approximate surface area is 102 Å². The van der Waals surface area contributed by atoms with Crippen LogP contribution in [0.1, 0.15) is 24.8 Å². The van der Waals surface area contributed by atoms with E-state index < -0.39 is 0 Å². The van der Waals surface area contributed by atoms with Gasteiger partial charge < -0.3 is 9.47 Å². The number of esters is 1. The quantitative estimate of drug-likeness (QED) is 0.560. The van der Waals surface area contributed by atoms with E-state index in [1.54, 1.807) is 0 Å². The van der Waals surface area contributed by atoms with Gasteiger partial charge in [0, 0.05) is 6.61 Å². The van der Waals surface area contributed by atoms with E-state index in [4.69, 9.17) is 9.47 Å². The van der Waals surface area contributed by atoms with Crippen molar-refractivity contribution in [2.45, 2.75) is 25.9 Å². The molecule has 3 heteroatoms. The molecule has 1 aromatic rings. The van der Waals surface area contributed by atoms with Gasteiger partial charge >= 0.3 is 5.97 Å². The third-order valence-electron chi connectivity index (χ3n) is 3.31. The predicted octanol–water partition coefficient (Wildman–Crippen LogP) is 2.55. The van der Waals surface area contributed by atoms with Crippen molar-refractivity contribution in [3.05, 3.63) is 35.9 Å². The Bertz CT molecular complexity index is 368. The molecule has 0 atom stereocenters. The summed E-state index contributed by atoms with van der Waals surface area (Å²) < 4.78 is 10.4. The van der Waals surface area contributed by atoms with E-state index in [2.05, 4.69) is 0 Å². The van der Waals surface area contributed by atoms with Crippen LogP contribution in [0.5, 0.6) is 0 Å². The van der Waals surface area contributed by atoms with Gasteiger partial charge in [-0.05, 0) is 24.8 Å². The highest BCUT2D eigenvalue weighted by Gasteiger charge is 2.50. The highest BCUT2D eigenvalue weighted by Crippen LogP contribution is 2.49. The Kier molecular flexibility index (Phi) is 3.79. The first kappa shape index (κ1) is 12.1. The fourth-order valence-electron chi connectivity index (χ4n) is 1.96. The topological polar surface area (TPSA) is 35.5 Å². The minimum absolute atomic E-state index is 0.0826. The maximum Gasteiger partial charge on any atom is 0.311 e. The lowest BCUT2D eigenvalue weighted by Gasteiger charge is -2.12. The molecule has 0 amide bonds. The van der Waals surface area contributed by atoms with E-state index in [0.29, 0.717) is 13.2 Å². The van der Waals surface area contributed by atoms with Gasteiger partial charge in [-0.2, -0.15) is 0 Å². The molecule has 0 N–H and O–H groups in total. The maximum absolute atomic E-state index is 11.5. The standard InChI is InChI=1S/C14H18O3/c1-16-13(15)14(7-8-14)9-10-17-11-12-5-3-2-4-6-12/h2-6H,7-11H2,1H3. The summed E-state index contributed by atoms with van der Waals surface area (Å²) in [5.74, 6) is -0.0826. The fraction of sp³-hybridized carbons (Fsp3) is 0.500. The Morgan fingerprint density at radius 2 is 2.00 bits per heavy atom. The molecule has 1 saturated carbocycles. The van der Waals surface area contributed by atoms with Crippen molar-refractivity contribution in [3.8, 4) is 0 Å². The molecule has 0 spiro atoms. The molecule has 0 saturated heterocycles. The van der Waals surface area contributed by atoms with E-state index in [9.17, 15) is 4.79 Å². The van der Waals surface area contributed by atoms with Gasteiger partial charge in [-0.25, -0.2) is 0 Å². The molecule has 1 fully saturated rings. The minimum Gasteiger partial charge on any atom is -0.469 e. The van der Waals surface area contributed by atoms with Crippen LogP contribution in [0, 0.1) is 5.41 Å². The van der Waals surface area contributed by atoms with Gasteiger partial charge in [-0.1, -0.05) is 30.3 Å². The zero-order valence-corrected chi connectivity index (χ0v) is 10.1. The molecule has 0 heterocycles. The van der Waals surface area contributed by atoms with Crippen molar-refractivity contribution in [2.24, 2.45) is 5.41 Å². The predicted molar refractivity (Wildman–Crippen MR) is 64.4 cm³/mol. The molecule has 0 radical (unpaired) electrons. The van der Waals surface area contributed by atoms with Crippen LogP contribution in [0.25, 0.3) is 0 Å². The van der Waals surface area contributed by atoms with Crippen molar-refractivity contribution < 1.29 is 14.3 Å². The summed E-state index contributed by atoms with van der Waals surface area (Å²) in [5, 5.41) is 0. The highest BCUT2D eigenvalue weighted by atomic mass is 16.5. The SMILES string of the molecule is COC(=O)C1(CCOCc2ccccc2)CC1. The molecular weight excluding hydrogens is 216 g/mol. The average molecular weight is 234 g/mol. The fourth-order valence-corrected chi connectivity index (χ4v) is 1.96. The Morgan fingerprint density at radius 3 is 2.59 bits per heavy atom. The second-order valence-electron chi connectivity index (χ2n) is 4.56. The van der Waals surface area contributed by atoms with E-state index in [1.165, 1.54) is 7.11 Å². The van der Waals surface area contributed by atoms with Crippen LogP contribution in [0.2, 0.25) is 0 Å². The van der Waals surface area contributed by atoms with Crippen LogP contribution in [-0.4, -0.2) is 19.7 Å². The maximum atomic E-state index is 11.5. The van der Waals surface area contributed by atoms with Crippen molar-refractivity contribution in [2.75, 3.05) is 13.7 Å². The summed E-state index contributed by atoms with van der Waals surface area (Å²) in [6.07, 6.45) is 2.65. The summed E-state index contributed by atoms with van der Waals surface area (Å²) >= 11 is 0. The van der Waals surface area contributed by atoms with Crippen molar-refractivity contribution >= 4 is 5.97 Å². The third-order valence-corrected chi connectivity index (χ3v) is 3.31. The van der Waals surface area contributed by atoms with E-state index >= 15 is 0 Å². The summed E-state index contributed by atoms with van der Waals surface area (Å²) in [6, 6.07) is 10.0. The number of hydrogen-bond acceptors (Lipinski definition) is 3. The van der Waals surface area contributed by atoms with Gasteiger partial charge in [0.25, 0.3) is 0 Å². The van der Waals surface area contributed by atoms with E-state index in [-0.39, 0.29) is 11.4 Å². The first-order valence-electron chi connectivity index (χ1n) is 5.97. The third kappa shape index (κ3) is 3.07. The first-order chi connectivity index (χ1) is 8.27. The van der Waals surface area contributed by atoms with Crippen molar-refractivity contribution in [1.82, 2.24) is 0 Å². The first-order valence-corrected chi connectivity index (χ1v) is 5.97. The van der Waals surface area contributed by atoms with Crippen LogP contribution in [0.15, 0.2) is 30.3 Å². The van der Waals surface area contributed by atoms with E-state index in [0.717, 1.165) is 24.8 Å². The van der Waals surface area contributed by atoms with Crippen molar-refractivity contribution in [1.29, 1.82) is 0 Å². The molecular formula is C14H18O3. The Morgan fingerprint density at radius 1 is 1.29 bits per heavy atom. The number of rotatable bonds is 6. The van der Waals surface area contributed by atoms with E-state index in [1.807, 2.05) is 30.3 Å². The van der Waals surface area contributed by atoms with Crippen LogP contribution < -0.4 is 0 Å². The molecule has 0 bridgehead atoms. The number of benzene rings is 1. The molecule has 1 aliphatic carbocycles. The molecule has 0 aliphatic heterocycles. The van der Waals surface area contributed by atoms with Crippen LogP contribution >= 0.6 is 0 Å². The minimum atomic E-state index is -0.231. The Hall–Kier alpha value is -1.35. The molecule has 2 rings (SSSR count). The molecule has 17 heavy (non-hydrogen) atoms. The highest BCUT2D eigenvalue weighted by molar-refractivity contribution is 5.79. The lowest BCUT2D eigenvalue weighted by molar-refractivity contribution is -0.147. The van der Waals surface area contributed by atoms with Gasteiger partial charge in [0.05, 0.1) is 19.1 Å². The number of ether oxygens (including phenoxy) is 2. The van der Waals surface area contributed by atoms with Gasteiger partial charge in [0.15, 0.2) is 0 Å². The number of carbonyl (C=O) groups is 1. The van der Waals surface area contributed by atoms with Crippen LogP contribution in [-0.2, 0) is 20.9 Å². The second kappa shape index (κ2) is 5.32. The van der Waals surface area contributed by atoms with Gasteiger partial charge in [0.2, 0.25) is 0 Å². The van der Waals surface area contributed by atoms with Crippen LogP contribution in [0.3, 0.4) is 0 Å². The summed E-state index contributed by atoms with van der Waals surface area (Å²) in [4.78, 5) is 11.5. The van der Waals surface area contributed by atoms with Crippen LogP contribution in [0.4, 0.5) is 0 Å². The largest absolute Gasteiger partial charge is 0.469 e. The molecule has 0 unspecified atom stereocenters. The average Bonchev–Trinajstić information content (AvgIpc) is 3.16.